The maximum atomic E-state index is 13.4. The summed E-state index contributed by atoms with van der Waals surface area (Å²) in [4.78, 5) is 16.1. The summed E-state index contributed by atoms with van der Waals surface area (Å²) in [5.41, 5.74) is 5.32. The number of hydrogen-bond donors (Lipinski definition) is 2. The van der Waals surface area contributed by atoms with Gasteiger partial charge in [0.05, 0.1) is 11.6 Å². The average Bonchev–Trinajstić information content (AvgIpc) is 2.26. The number of aliphatic hydroxyl groups excluding tert-OH is 1. The molecule has 0 aromatic carbocycles. The van der Waals surface area contributed by atoms with Crippen molar-refractivity contribution in [2.45, 2.75) is 6.04 Å². The first-order valence-corrected chi connectivity index (χ1v) is 4.80. The van der Waals surface area contributed by atoms with Gasteiger partial charge in [-0.15, -0.1) is 0 Å². The van der Waals surface area contributed by atoms with Crippen LogP contribution in [0.15, 0.2) is 12.3 Å². The zero-order valence-corrected chi connectivity index (χ0v) is 9.28. The van der Waals surface area contributed by atoms with Crippen LogP contribution in [-0.2, 0) is 4.79 Å². The van der Waals surface area contributed by atoms with Crippen molar-refractivity contribution in [3.8, 4) is 0 Å². The van der Waals surface area contributed by atoms with Crippen molar-refractivity contribution >= 4 is 23.3 Å². The van der Waals surface area contributed by atoms with Crippen molar-refractivity contribution in [1.82, 2.24) is 4.98 Å². The van der Waals surface area contributed by atoms with E-state index >= 15 is 0 Å². The van der Waals surface area contributed by atoms with Gasteiger partial charge in [-0.25, -0.2) is 9.37 Å². The van der Waals surface area contributed by atoms with Gasteiger partial charge in [0.2, 0.25) is 5.91 Å². The summed E-state index contributed by atoms with van der Waals surface area (Å²) in [6, 6.07) is -0.0557. The zero-order valence-electron chi connectivity index (χ0n) is 8.52. The van der Waals surface area contributed by atoms with Crippen molar-refractivity contribution in [3.63, 3.8) is 0 Å². The molecule has 0 aliphatic heterocycles. The third-order valence-corrected chi connectivity index (χ3v) is 2.16. The molecule has 88 valence electrons. The van der Waals surface area contributed by atoms with E-state index in [1.165, 1.54) is 13.2 Å². The van der Waals surface area contributed by atoms with Gasteiger partial charge in [-0.2, -0.15) is 0 Å². The van der Waals surface area contributed by atoms with Crippen LogP contribution < -0.4 is 10.6 Å². The molecule has 1 aromatic heterocycles. The van der Waals surface area contributed by atoms with Crippen molar-refractivity contribution in [1.29, 1.82) is 0 Å². The Kier molecular flexibility index (Phi) is 4.17. The Morgan fingerprint density at radius 2 is 2.44 bits per heavy atom. The van der Waals surface area contributed by atoms with Crippen LogP contribution in [-0.4, -0.2) is 35.7 Å². The first-order chi connectivity index (χ1) is 7.47. The highest BCUT2D eigenvalue weighted by Crippen LogP contribution is 2.18. The number of rotatable bonds is 3. The van der Waals surface area contributed by atoms with E-state index < -0.39 is 24.4 Å². The number of amides is 1. The second-order valence-electron chi connectivity index (χ2n) is 3.15. The predicted molar refractivity (Wildman–Crippen MR) is 57.7 cm³/mol. The molecule has 1 aromatic rings. The lowest BCUT2D eigenvalue weighted by Crippen LogP contribution is -2.44. The van der Waals surface area contributed by atoms with Crippen molar-refractivity contribution in [2.24, 2.45) is 5.73 Å². The number of hydrogen-bond acceptors (Lipinski definition) is 4. The summed E-state index contributed by atoms with van der Waals surface area (Å²) in [5, 5.41) is 8.84. The summed E-state index contributed by atoms with van der Waals surface area (Å²) < 4.78 is 13.4. The fraction of sp³-hybridized carbons (Fsp3) is 0.333. The van der Waals surface area contributed by atoms with Crippen LogP contribution in [0.25, 0.3) is 0 Å². The summed E-state index contributed by atoms with van der Waals surface area (Å²) >= 11 is 5.52. The number of halogens is 2. The second kappa shape index (κ2) is 5.20. The highest BCUT2D eigenvalue weighted by atomic mass is 35.5. The van der Waals surface area contributed by atoms with Gasteiger partial charge in [-0.1, -0.05) is 11.6 Å². The first-order valence-electron chi connectivity index (χ1n) is 4.42. The highest BCUT2D eigenvalue weighted by molar-refractivity contribution is 6.30. The molecule has 1 amide bonds. The number of carbonyl (C=O) groups is 1. The molecule has 0 fully saturated rings. The molecule has 5 nitrogen and oxygen atoms in total. The topological polar surface area (TPSA) is 79.5 Å². The van der Waals surface area contributed by atoms with Crippen LogP contribution >= 0.6 is 11.6 Å². The third kappa shape index (κ3) is 2.66. The standard InChI is InChI=1S/C9H11ClFN3O2/c1-14(9(16)7(12)4-15)8-6(11)2-5(10)3-13-8/h2-3,7,15H,4,12H2,1H3. The summed E-state index contributed by atoms with van der Waals surface area (Å²) in [5.74, 6) is -1.54. The summed E-state index contributed by atoms with van der Waals surface area (Å²) in [7, 11) is 1.32. The van der Waals surface area contributed by atoms with Gasteiger partial charge in [0, 0.05) is 13.2 Å². The van der Waals surface area contributed by atoms with Gasteiger partial charge in [0.25, 0.3) is 0 Å². The lowest BCUT2D eigenvalue weighted by atomic mass is 10.3. The Morgan fingerprint density at radius 1 is 1.81 bits per heavy atom. The molecule has 7 heteroatoms. The molecule has 1 unspecified atom stereocenters. The molecule has 16 heavy (non-hydrogen) atoms. The Bertz CT molecular complexity index is 402. The number of aromatic nitrogens is 1. The molecular weight excluding hydrogens is 237 g/mol. The molecule has 0 aliphatic rings. The Labute approximate surface area is 96.6 Å². The van der Waals surface area contributed by atoms with Crippen molar-refractivity contribution in [3.05, 3.63) is 23.1 Å². The third-order valence-electron chi connectivity index (χ3n) is 1.95. The van der Waals surface area contributed by atoms with E-state index in [1.54, 1.807) is 0 Å². The zero-order chi connectivity index (χ0) is 12.3. The molecule has 1 rings (SSSR count). The van der Waals surface area contributed by atoms with Gasteiger partial charge < -0.3 is 10.8 Å². The lowest BCUT2D eigenvalue weighted by molar-refractivity contribution is -0.120. The van der Waals surface area contributed by atoms with Gasteiger partial charge in [0.15, 0.2) is 11.6 Å². The van der Waals surface area contributed by atoms with Crippen LogP contribution in [0.2, 0.25) is 5.02 Å². The van der Waals surface area contributed by atoms with Gasteiger partial charge in [-0.05, 0) is 6.07 Å². The molecule has 0 bridgehead atoms. The summed E-state index contributed by atoms with van der Waals surface area (Å²) in [6.07, 6.45) is 1.22. The molecule has 3 N–H and O–H groups in total. The summed E-state index contributed by atoms with van der Waals surface area (Å²) in [6.45, 7) is -0.515. The molecule has 0 aliphatic carbocycles. The van der Waals surface area contributed by atoms with E-state index in [-0.39, 0.29) is 10.8 Å². The maximum absolute atomic E-state index is 13.4. The van der Waals surface area contributed by atoms with Crippen LogP contribution in [0.5, 0.6) is 0 Å². The number of anilines is 1. The molecule has 1 heterocycles. The lowest BCUT2D eigenvalue weighted by Gasteiger charge is -2.19. The number of aliphatic hydroxyl groups is 1. The largest absolute Gasteiger partial charge is 0.394 e. The van der Waals surface area contributed by atoms with E-state index in [1.807, 2.05) is 0 Å². The van der Waals surface area contributed by atoms with E-state index in [9.17, 15) is 9.18 Å². The molecule has 0 spiro atoms. The second-order valence-corrected chi connectivity index (χ2v) is 3.58. The number of carbonyl (C=O) groups excluding carboxylic acids is 1. The van der Waals surface area contributed by atoms with Gasteiger partial charge >= 0.3 is 0 Å². The Hall–Kier alpha value is -1.24. The predicted octanol–water partition coefficient (Wildman–Crippen LogP) is 0.157. The molecular formula is C9H11ClFN3O2. The minimum atomic E-state index is -1.10. The van der Waals surface area contributed by atoms with Crippen LogP contribution in [0, 0.1) is 5.82 Å². The van der Waals surface area contributed by atoms with E-state index in [4.69, 9.17) is 22.4 Å². The van der Waals surface area contributed by atoms with Crippen LogP contribution in [0.4, 0.5) is 10.2 Å². The van der Waals surface area contributed by atoms with Crippen molar-refractivity contribution in [2.75, 3.05) is 18.6 Å². The van der Waals surface area contributed by atoms with Crippen LogP contribution in [0.1, 0.15) is 0 Å². The fourth-order valence-electron chi connectivity index (χ4n) is 1.09. The normalized spacial score (nSPS) is 12.3. The quantitative estimate of drug-likeness (QED) is 0.797. The monoisotopic (exact) mass is 247 g/mol. The van der Waals surface area contributed by atoms with Crippen molar-refractivity contribution < 1.29 is 14.3 Å². The van der Waals surface area contributed by atoms with Gasteiger partial charge in [0.1, 0.15) is 6.04 Å². The highest BCUT2D eigenvalue weighted by Gasteiger charge is 2.21. The molecule has 1 atom stereocenters. The van der Waals surface area contributed by atoms with E-state index in [0.29, 0.717) is 0 Å². The Balaban J connectivity index is 2.96. The fourth-order valence-corrected chi connectivity index (χ4v) is 1.23. The number of nitrogens with zero attached hydrogens (tertiary/aromatic N) is 2. The average molecular weight is 248 g/mol. The Morgan fingerprint density at radius 3 is 2.94 bits per heavy atom. The minimum Gasteiger partial charge on any atom is -0.394 e. The SMILES string of the molecule is CN(C(=O)C(N)CO)c1ncc(Cl)cc1F. The molecule has 0 saturated heterocycles. The van der Waals surface area contributed by atoms with E-state index in [0.717, 1.165) is 11.0 Å². The number of nitrogens with two attached hydrogens (primary N) is 1. The number of likely N-dealkylation sites (N-methyl/N-ethyl adjacent to an activating group) is 1. The molecule has 0 radical (unpaired) electrons. The van der Waals surface area contributed by atoms with Crippen LogP contribution in [0.3, 0.4) is 0 Å². The number of pyridine rings is 1. The molecule has 0 saturated carbocycles. The maximum Gasteiger partial charge on any atom is 0.247 e. The minimum absolute atomic E-state index is 0.133. The van der Waals surface area contributed by atoms with Gasteiger partial charge in [-0.3, -0.25) is 9.69 Å². The first kappa shape index (κ1) is 12.8. The smallest absolute Gasteiger partial charge is 0.247 e. The van der Waals surface area contributed by atoms with E-state index in [2.05, 4.69) is 4.98 Å².